The Hall–Kier alpha value is -1.47. The smallest absolute Gasteiger partial charge is 0.328 e. The summed E-state index contributed by atoms with van der Waals surface area (Å²) >= 11 is 4.75. The van der Waals surface area contributed by atoms with Crippen molar-refractivity contribution in [1.29, 1.82) is 0 Å². The van der Waals surface area contributed by atoms with Gasteiger partial charge in [0.1, 0.15) is 4.99 Å². The summed E-state index contributed by atoms with van der Waals surface area (Å²) in [6.45, 7) is 1.12. The maximum Gasteiger partial charge on any atom is 0.328 e. The van der Waals surface area contributed by atoms with Gasteiger partial charge in [-0.3, -0.25) is 14.3 Å². The molecule has 0 bridgehead atoms. The van der Waals surface area contributed by atoms with Gasteiger partial charge in [0.25, 0.3) is 5.56 Å². The average Bonchev–Trinajstić information content (AvgIpc) is 2.74. The number of nitrogens with two attached hydrogens (primary N) is 1. The molecule has 0 aliphatic carbocycles. The number of aromatic nitrogens is 2. The van der Waals surface area contributed by atoms with Crippen LogP contribution < -0.4 is 17.0 Å². The molecular formula is C10H13N3O3S. The number of nitrogens with zero attached hydrogens (tertiary/aromatic N) is 1. The number of aromatic amines is 1. The molecule has 1 aromatic rings. The monoisotopic (exact) mass is 255 g/mol. The van der Waals surface area contributed by atoms with Crippen molar-refractivity contribution in [2.75, 3.05) is 6.61 Å². The van der Waals surface area contributed by atoms with Gasteiger partial charge in [-0.1, -0.05) is 12.2 Å². The lowest BCUT2D eigenvalue weighted by Gasteiger charge is -2.11. The third-order valence-electron chi connectivity index (χ3n) is 2.70. The van der Waals surface area contributed by atoms with E-state index in [0.29, 0.717) is 13.2 Å². The van der Waals surface area contributed by atoms with E-state index >= 15 is 0 Å². The van der Waals surface area contributed by atoms with Crippen molar-refractivity contribution in [2.45, 2.75) is 25.5 Å². The zero-order chi connectivity index (χ0) is 12.4. The van der Waals surface area contributed by atoms with Gasteiger partial charge in [-0.2, -0.15) is 0 Å². The number of thiocarbonyl (C=S) groups is 1. The second kappa shape index (κ2) is 4.80. The van der Waals surface area contributed by atoms with Crippen LogP contribution in [0.3, 0.4) is 0 Å². The van der Waals surface area contributed by atoms with Crippen LogP contribution in [0.15, 0.2) is 15.8 Å². The zero-order valence-corrected chi connectivity index (χ0v) is 9.96. The average molecular weight is 255 g/mol. The predicted octanol–water partition coefficient (Wildman–Crippen LogP) is -0.650. The molecule has 1 aromatic heterocycles. The van der Waals surface area contributed by atoms with E-state index in [-0.39, 0.29) is 16.7 Å². The van der Waals surface area contributed by atoms with Crippen LogP contribution in [0.4, 0.5) is 0 Å². The number of hydrogen-bond acceptors (Lipinski definition) is 4. The number of H-pyrrole nitrogens is 1. The van der Waals surface area contributed by atoms with Gasteiger partial charge < -0.3 is 10.5 Å². The Labute approximate surface area is 102 Å². The first kappa shape index (κ1) is 12.0. The first-order valence-electron chi connectivity index (χ1n) is 5.33. The minimum atomic E-state index is -0.550. The molecule has 6 nitrogen and oxygen atoms in total. The van der Waals surface area contributed by atoms with Crippen LogP contribution in [0.2, 0.25) is 0 Å². The lowest BCUT2D eigenvalue weighted by Crippen LogP contribution is -2.36. The van der Waals surface area contributed by atoms with Crippen LogP contribution in [0, 0.1) is 0 Å². The van der Waals surface area contributed by atoms with Crippen molar-refractivity contribution < 1.29 is 4.74 Å². The summed E-state index contributed by atoms with van der Waals surface area (Å²) in [5.74, 6) is 0. The molecule has 0 spiro atoms. The predicted molar refractivity (Wildman–Crippen MR) is 66.2 cm³/mol. The van der Waals surface area contributed by atoms with E-state index in [1.54, 1.807) is 0 Å². The molecule has 0 aromatic carbocycles. The summed E-state index contributed by atoms with van der Waals surface area (Å²) in [6, 6.07) is 0. The van der Waals surface area contributed by atoms with Crippen LogP contribution in [0.5, 0.6) is 0 Å². The summed E-state index contributed by atoms with van der Waals surface area (Å²) in [6.07, 6.45) is 3.31. The van der Waals surface area contributed by atoms with E-state index < -0.39 is 11.2 Å². The van der Waals surface area contributed by atoms with E-state index in [4.69, 9.17) is 22.7 Å². The first-order chi connectivity index (χ1) is 8.08. The lowest BCUT2D eigenvalue weighted by atomic mass is 10.2. The highest BCUT2D eigenvalue weighted by Crippen LogP contribution is 2.12. The summed E-state index contributed by atoms with van der Waals surface area (Å²) < 4.78 is 6.81. The Morgan fingerprint density at radius 1 is 1.65 bits per heavy atom. The molecule has 0 unspecified atom stereocenters. The van der Waals surface area contributed by atoms with Gasteiger partial charge in [0.05, 0.1) is 18.2 Å². The number of nitrogens with one attached hydrogen (secondary N) is 1. The van der Waals surface area contributed by atoms with Gasteiger partial charge in [0.2, 0.25) is 0 Å². The molecule has 2 rings (SSSR count). The van der Waals surface area contributed by atoms with E-state index in [2.05, 4.69) is 4.98 Å². The molecular weight excluding hydrogens is 242 g/mol. The van der Waals surface area contributed by atoms with Crippen LogP contribution in [0.1, 0.15) is 18.4 Å². The maximum absolute atomic E-state index is 11.6. The van der Waals surface area contributed by atoms with Crippen LogP contribution in [0.25, 0.3) is 0 Å². The van der Waals surface area contributed by atoms with E-state index in [9.17, 15) is 9.59 Å². The van der Waals surface area contributed by atoms with E-state index in [1.807, 2.05) is 0 Å². The van der Waals surface area contributed by atoms with Gasteiger partial charge in [-0.25, -0.2) is 4.79 Å². The molecule has 0 amide bonds. The molecule has 0 saturated carbocycles. The zero-order valence-electron chi connectivity index (χ0n) is 9.14. The lowest BCUT2D eigenvalue weighted by molar-refractivity contribution is 0.0957. The van der Waals surface area contributed by atoms with Crippen molar-refractivity contribution in [3.05, 3.63) is 32.6 Å². The highest BCUT2D eigenvalue weighted by atomic mass is 32.1. The molecule has 1 aliphatic heterocycles. The van der Waals surface area contributed by atoms with Gasteiger partial charge in [0, 0.05) is 12.8 Å². The number of rotatable bonds is 3. The first-order valence-corrected chi connectivity index (χ1v) is 5.74. The van der Waals surface area contributed by atoms with Gasteiger partial charge in [0.15, 0.2) is 0 Å². The summed E-state index contributed by atoms with van der Waals surface area (Å²) in [5.41, 5.74) is 4.54. The Morgan fingerprint density at radius 2 is 2.41 bits per heavy atom. The van der Waals surface area contributed by atoms with Gasteiger partial charge in [-0.15, -0.1) is 0 Å². The quantitative estimate of drug-likeness (QED) is 0.700. The number of ether oxygens (including phenoxy) is 1. The van der Waals surface area contributed by atoms with Crippen LogP contribution in [-0.2, 0) is 11.3 Å². The summed E-state index contributed by atoms with van der Waals surface area (Å²) in [4.78, 5) is 25.1. The number of hydrogen-bond donors (Lipinski definition) is 2. The standard InChI is InChI=1S/C10H13N3O3S/c11-8(17)7-5-13(10(15)12-9(7)14)4-6-2-1-3-16-6/h5-6H,1-4H2,(H2,11,17)(H,12,14,15)/t6-/m1/s1. The molecule has 7 heteroatoms. The van der Waals surface area contributed by atoms with Crippen molar-refractivity contribution in [3.63, 3.8) is 0 Å². The highest BCUT2D eigenvalue weighted by molar-refractivity contribution is 7.80. The normalized spacial score (nSPS) is 19.4. The SMILES string of the molecule is NC(=S)c1cn(C[C@H]2CCCO2)c(=O)[nH]c1=O. The third-order valence-corrected chi connectivity index (χ3v) is 2.92. The Kier molecular flexibility index (Phi) is 3.39. The van der Waals surface area contributed by atoms with Gasteiger partial charge in [-0.05, 0) is 12.8 Å². The van der Waals surface area contributed by atoms with Crippen molar-refractivity contribution >= 4 is 17.2 Å². The second-order valence-corrected chi connectivity index (χ2v) is 4.39. The molecule has 1 aliphatic rings. The fourth-order valence-corrected chi connectivity index (χ4v) is 1.97. The minimum Gasteiger partial charge on any atom is -0.389 e. The third kappa shape index (κ3) is 2.62. The van der Waals surface area contributed by atoms with Crippen molar-refractivity contribution in [1.82, 2.24) is 9.55 Å². The van der Waals surface area contributed by atoms with Gasteiger partial charge >= 0.3 is 5.69 Å². The molecule has 3 N–H and O–H groups in total. The Bertz CT molecular complexity index is 542. The molecule has 1 saturated heterocycles. The van der Waals surface area contributed by atoms with Crippen molar-refractivity contribution in [3.8, 4) is 0 Å². The van der Waals surface area contributed by atoms with E-state index in [1.165, 1.54) is 10.8 Å². The van der Waals surface area contributed by atoms with E-state index in [0.717, 1.165) is 12.8 Å². The fourth-order valence-electron chi connectivity index (χ4n) is 1.83. The molecule has 92 valence electrons. The summed E-state index contributed by atoms with van der Waals surface area (Å²) in [5, 5.41) is 0. The molecule has 1 fully saturated rings. The van der Waals surface area contributed by atoms with Crippen LogP contribution in [-0.4, -0.2) is 27.3 Å². The summed E-state index contributed by atoms with van der Waals surface area (Å²) in [7, 11) is 0. The van der Waals surface area contributed by atoms with Crippen molar-refractivity contribution in [2.24, 2.45) is 5.73 Å². The molecule has 17 heavy (non-hydrogen) atoms. The topological polar surface area (TPSA) is 90.1 Å². The molecule has 1 atom stereocenters. The molecule has 2 heterocycles. The fraction of sp³-hybridized carbons (Fsp3) is 0.500. The largest absolute Gasteiger partial charge is 0.389 e. The molecule has 0 radical (unpaired) electrons. The second-order valence-electron chi connectivity index (χ2n) is 3.95. The Morgan fingerprint density at radius 3 is 3.00 bits per heavy atom. The maximum atomic E-state index is 11.6. The van der Waals surface area contributed by atoms with Crippen LogP contribution >= 0.6 is 12.2 Å². The minimum absolute atomic E-state index is 0.0118. The highest BCUT2D eigenvalue weighted by Gasteiger charge is 2.17. The Balaban J connectivity index is 2.33.